The van der Waals surface area contributed by atoms with E-state index in [0.717, 1.165) is 32.1 Å². The maximum absolute atomic E-state index is 12.4. The van der Waals surface area contributed by atoms with E-state index in [1.54, 1.807) is 0 Å². The summed E-state index contributed by atoms with van der Waals surface area (Å²) in [5.74, 6) is 0.250. The van der Waals surface area contributed by atoms with Crippen molar-refractivity contribution in [2.45, 2.75) is 58.4 Å². The molecule has 0 bridgehead atoms. The molecule has 0 amide bonds. The van der Waals surface area contributed by atoms with Gasteiger partial charge >= 0.3 is 0 Å². The summed E-state index contributed by atoms with van der Waals surface area (Å²) >= 11 is 0. The Morgan fingerprint density at radius 3 is 2.00 bits per heavy atom. The molecule has 0 spiro atoms. The van der Waals surface area contributed by atoms with Gasteiger partial charge in [-0.1, -0.05) is 20.8 Å². The standard InChI is InChI=1S/C13H28N2O3S/c1-4-13(5-2,6-3)14-19(17,18)15-9-7-12(11-16)8-10-15/h12,14,16H,4-11H2,1-3H3. The summed E-state index contributed by atoms with van der Waals surface area (Å²) in [6, 6.07) is 0. The van der Waals surface area contributed by atoms with Crippen molar-refractivity contribution in [3.63, 3.8) is 0 Å². The van der Waals surface area contributed by atoms with Crippen molar-refractivity contribution in [2.24, 2.45) is 5.92 Å². The number of hydrogen-bond acceptors (Lipinski definition) is 3. The lowest BCUT2D eigenvalue weighted by atomic mass is 9.91. The summed E-state index contributed by atoms with van der Waals surface area (Å²) in [7, 11) is -3.41. The zero-order valence-electron chi connectivity index (χ0n) is 12.4. The molecule has 0 atom stereocenters. The maximum atomic E-state index is 12.4. The second kappa shape index (κ2) is 7.02. The first-order valence-corrected chi connectivity index (χ1v) is 8.77. The van der Waals surface area contributed by atoms with E-state index in [1.165, 1.54) is 4.31 Å². The van der Waals surface area contributed by atoms with E-state index in [9.17, 15) is 8.42 Å². The Balaban J connectivity index is 2.71. The average molecular weight is 292 g/mol. The minimum absolute atomic E-state index is 0.157. The third-order valence-electron chi connectivity index (χ3n) is 4.55. The van der Waals surface area contributed by atoms with Crippen LogP contribution in [0.2, 0.25) is 0 Å². The monoisotopic (exact) mass is 292 g/mol. The van der Waals surface area contributed by atoms with Crippen LogP contribution in [-0.2, 0) is 10.2 Å². The molecular weight excluding hydrogens is 264 g/mol. The highest BCUT2D eigenvalue weighted by atomic mass is 32.2. The number of nitrogens with zero attached hydrogens (tertiary/aromatic N) is 1. The molecule has 1 aliphatic heterocycles. The van der Waals surface area contributed by atoms with Crippen LogP contribution in [0.4, 0.5) is 0 Å². The molecule has 1 saturated heterocycles. The number of aliphatic hydroxyl groups is 1. The van der Waals surface area contributed by atoms with E-state index in [1.807, 2.05) is 20.8 Å². The molecule has 114 valence electrons. The number of rotatable bonds is 7. The molecule has 0 radical (unpaired) electrons. The lowest BCUT2D eigenvalue weighted by molar-refractivity contribution is 0.168. The molecule has 1 heterocycles. The normalized spacial score (nSPS) is 19.8. The molecule has 0 aromatic heterocycles. The second-order valence-electron chi connectivity index (χ2n) is 5.47. The minimum Gasteiger partial charge on any atom is -0.396 e. The molecule has 0 saturated carbocycles. The molecule has 19 heavy (non-hydrogen) atoms. The van der Waals surface area contributed by atoms with Gasteiger partial charge in [0.05, 0.1) is 0 Å². The van der Waals surface area contributed by atoms with Gasteiger partial charge < -0.3 is 5.11 Å². The number of nitrogens with one attached hydrogen (secondary N) is 1. The van der Waals surface area contributed by atoms with Crippen molar-refractivity contribution in [3.05, 3.63) is 0 Å². The molecule has 5 nitrogen and oxygen atoms in total. The summed E-state index contributed by atoms with van der Waals surface area (Å²) in [5.41, 5.74) is -0.327. The molecule has 1 rings (SSSR count). The van der Waals surface area contributed by atoms with E-state index in [2.05, 4.69) is 4.72 Å². The van der Waals surface area contributed by atoms with Crippen LogP contribution >= 0.6 is 0 Å². The Morgan fingerprint density at radius 2 is 1.63 bits per heavy atom. The Morgan fingerprint density at radius 1 is 1.16 bits per heavy atom. The third-order valence-corrected chi connectivity index (χ3v) is 6.28. The average Bonchev–Trinajstić information content (AvgIpc) is 2.45. The van der Waals surface area contributed by atoms with Crippen LogP contribution in [0.15, 0.2) is 0 Å². The molecule has 1 fully saturated rings. The second-order valence-corrected chi connectivity index (χ2v) is 7.14. The Kier molecular flexibility index (Phi) is 6.23. The first-order valence-electron chi connectivity index (χ1n) is 7.33. The van der Waals surface area contributed by atoms with Crippen LogP contribution < -0.4 is 4.72 Å². The first kappa shape index (κ1) is 16.9. The quantitative estimate of drug-likeness (QED) is 0.747. The summed E-state index contributed by atoms with van der Waals surface area (Å²) in [5, 5.41) is 9.10. The Labute approximate surface area is 117 Å². The van der Waals surface area contributed by atoms with Crippen LogP contribution in [0.3, 0.4) is 0 Å². The zero-order valence-corrected chi connectivity index (χ0v) is 13.2. The van der Waals surface area contributed by atoms with Crippen molar-refractivity contribution in [2.75, 3.05) is 19.7 Å². The lowest BCUT2D eigenvalue weighted by Gasteiger charge is -2.36. The highest BCUT2D eigenvalue weighted by Gasteiger charge is 2.34. The van der Waals surface area contributed by atoms with Crippen molar-refractivity contribution in [3.8, 4) is 0 Å². The molecule has 0 unspecified atom stereocenters. The summed E-state index contributed by atoms with van der Waals surface area (Å²) < 4.78 is 29.3. The van der Waals surface area contributed by atoms with Crippen molar-refractivity contribution < 1.29 is 13.5 Å². The number of hydrogen-bond donors (Lipinski definition) is 2. The van der Waals surface area contributed by atoms with Crippen molar-refractivity contribution in [1.29, 1.82) is 0 Å². The van der Waals surface area contributed by atoms with Crippen LogP contribution in [0.5, 0.6) is 0 Å². The SMILES string of the molecule is CCC(CC)(CC)NS(=O)(=O)N1CCC(CO)CC1. The van der Waals surface area contributed by atoms with Gasteiger partial charge in [0.15, 0.2) is 0 Å². The Bertz CT molecular complexity index is 350. The van der Waals surface area contributed by atoms with Gasteiger partial charge in [-0.25, -0.2) is 0 Å². The topological polar surface area (TPSA) is 69.6 Å². The van der Waals surface area contributed by atoms with Gasteiger partial charge in [-0.05, 0) is 38.0 Å². The maximum Gasteiger partial charge on any atom is 0.279 e. The summed E-state index contributed by atoms with van der Waals surface area (Å²) in [6.45, 7) is 7.24. The van der Waals surface area contributed by atoms with E-state index in [4.69, 9.17) is 5.11 Å². The zero-order chi connectivity index (χ0) is 14.5. The van der Waals surface area contributed by atoms with Gasteiger partial charge in [-0.3, -0.25) is 0 Å². The van der Waals surface area contributed by atoms with E-state index in [0.29, 0.717) is 13.1 Å². The molecule has 0 aromatic rings. The van der Waals surface area contributed by atoms with Crippen molar-refractivity contribution >= 4 is 10.2 Å². The molecular formula is C13H28N2O3S. The van der Waals surface area contributed by atoms with Gasteiger partial charge in [-0.2, -0.15) is 17.4 Å². The molecule has 2 N–H and O–H groups in total. The number of piperidine rings is 1. The molecule has 0 aromatic carbocycles. The van der Waals surface area contributed by atoms with E-state index in [-0.39, 0.29) is 18.1 Å². The molecule has 1 aliphatic rings. The van der Waals surface area contributed by atoms with Gasteiger partial charge in [-0.15, -0.1) is 0 Å². The predicted octanol–water partition coefficient (Wildman–Crippen LogP) is 1.49. The Hall–Kier alpha value is -0.170. The van der Waals surface area contributed by atoms with Crippen LogP contribution in [0, 0.1) is 5.92 Å². The van der Waals surface area contributed by atoms with E-state index < -0.39 is 10.2 Å². The van der Waals surface area contributed by atoms with Crippen LogP contribution in [0.25, 0.3) is 0 Å². The molecule has 0 aliphatic carbocycles. The summed E-state index contributed by atoms with van der Waals surface area (Å²) in [4.78, 5) is 0. The lowest BCUT2D eigenvalue weighted by Crippen LogP contribution is -2.54. The van der Waals surface area contributed by atoms with Crippen molar-refractivity contribution in [1.82, 2.24) is 9.03 Å². The fourth-order valence-electron chi connectivity index (χ4n) is 2.64. The smallest absolute Gasteiger partial charge is 0.279 e. The number of aliphatic hydroxyl groups excluding tert-OH is 1. The predicted molar refractivity (Wildman–Crippen MR) is 77.0 cm³/mol. The van der Waals surface area contributed by atoms with Gasteiger partial charge in [0.25, 0.3) is 10.2 Å². The minimum atomic E-state index is -3.41. The highest BCUT2D eigenvalue weighted by molar-refractivity contribution is 7.87. The van der Waals surface area contributed by atoms with Crippen LogP contribution in [-0.4, -0.2) is 43.1 Å². The fourth-order valence-corrected chi connectivity index (χ4v) is 4.44. The van der Waals surface area contributed by atoms with E-state index >= 15 is 0 Å². The first-order chi connectivity index (χ1) is 8.93. The van der Waals surface area contributed by atoms with Gasteiger partial charge in [0.2, 0.25) is 0 Å². The van der Waals surface area contributed by atoms with Gasteiger partial charge in [0.1, 0.15) is 0 Å². The third kappa shape index (κ3) is 4.15. The van der Waals surface area contributed by atoms with Gasteiger partial charge in [0, 0.05) is 25.2 Å². The summed E-state index contributed by atoms with van der Waals surface area (Å²) in [6.07, 6.45) is 3.88. The molecule has 6 heteroatoms. The largest absolute Gasteiger partial charge is 0.396 e. The van der Waals surface area contributed by atoms with Crippen LogP contribution in [0.1, 0.15) is 52.9 Å². The fraction of sp³-hybridized carbons (Fsp3) is 1.00. The highest BCUT2D eigenvalue weighted by Crippen LogP contribution is 2.24.